The number of rotatable bonds is 26. The molecule has 1 atom stereocenters. The number of nitrogens with one attached hydrogen (secondary N) is 4. The van der Waals surface area contributed by atoms with Crippen molar-refractivity contribution in [3.8, 4) is 11.5 Å². The van der Waals surface area contributed by atoms with Gasteiger partial charge in [-0.2, -0.15) is 18.2 Å². The van der Waals surface area contributed by atoms with Crippen LogP contribution in [0.3, 0.4) is 0 Å². The molecule has 0 spiro atoms. The fourth-order valence-corrected chi connectivity index (χ4v) is 6.53. The summed E-state index contributed by atoms with van der Waals surface area (Å²) in [5, 5.41) is 10.9. The first-order valence-corrected chi connectivity index (χ1v) is 21.3. The zero-order valence-electron chi connectivity index (χ0n) is 35.4. The Morgan fingerprint density at radius 2 is 1.64 bits per heavy atom. The van der Waals surface area contributed by atoms with Crippen LogP contribution in [0.25, 0.3) is 0 Å². The lowest BCUT2D eigenvalue weighted by Gasteiger charge is -2.21. The molecule has 0 fully saturated rings. The number of halogens is 3. The molecule has 2 heterocycles. The van der Waals surface area contributed by atoms with E-state index in [0.29, 0.717) is 17.7 Å². The molecule has 342 valence electrons. The molecule has 17 nitrogen and oxygen atoms in total. The Labute approximate surface area is 371 Å². The maximum atomic E-state index is 13.8. The first kappa shape index (κ1) is 48.6. The van der Waals surface area contributed by atoms with E-state index in [1.165, 1.54) is 31.1 Å². The van der Waals surface area contributed by atoms with Gasteiger partial charge in [-0.3, -0.25) is 24.1 Å². The number of hydrogen-bond acceptors (Lipinski definition) is 15. The van der Waals surface area contributed by atoms with E-state index in [1.807, 2.05) is 41.9 Å². The molecule has 1 aliphatic heterocycles. The van der Waals surface area contributed by atoms with Crippen molar-refractivity contribution in [1.29, 1.82) is 0 Å². The Balaban J connectivity index is 0.943. The quantitative estimate of drug-likeness (QED) is 0.0275. The third-order valence-electron chi connectivity index (χ3n) is 9.58. The summed E-state index contributed by atoms with van der Waals surface area (Å²) in [6, 6.07) is 17.6. The molecule has 0 saturated heterocycles. The van der Waals surface area contributed by atoms with E-state index in [0.717, 1.165) is 22.3 Å². The number of hydrogen-bond donors (Lipinski definition) is 4. The summed E-state index contributed by atoms with van der Waals surface area (Å²) in [6.07, 6.45) is -1.51. The molecule has 4 amide bonds. The van der Waals surface area contributed by atoms with Crippen LogP contribution in [0.5, 0.6) is 11.5 Å². The van der Waals surface area contributed by atoms with Crippen LogP contribution >= 0.6 is 11.9 Å². The molecule has 0 aliphatic carbocycles. The highest BCUT2D eigenvalue weighted by Gasteiger charge is 2.42. The average Bonchev–Trinajstić information content (AvgIpc) is 3.55. The summed E-state index contributed by atoms with van der Waals surface area (Å²) >= 11 is 1.51. The predicted molar refractivity (Wildman–Crippen MR) is 233 cm³/mol. The highest BCUT2D eigenvalue weighted by molar-refractivity contribution is 7.99. The van der Waals surface area contributed by atoms with Crippen LogP contribution in [0.2, 0.25) is 0 Å². The smallest absolute Gasteiger partial charge is 0.421 e. The van der Waals surface area contributed by atoms with Crippen LogP contribution in [0.1, 0.15) is 51.1 Å². The van der Waals surface area contributed by atoms with Gasteiger partial charge in [0.2, 0.25) is 17.8 Å². The van der Waals surface area contributed by atoms with Crippen molar-refractivity contribution in [2.45, 2.75) is 38.0 Å². The van der Waals surface area contributed by atoms with Gasteiger partial charge in [0.05, 0.1) is 50.1 Å². The maximum absolute atomic E-state index is 13.8. The van der Waals surface area contributed by atoms with Gasteiger partial charge in [-0.15, -0.1) is 0 Å². The van der Waals surface area contributed by atoms with Crippen LogP contribution in [-0.4, -0.2) is 117 Å². The molecule has 1 unspecified atom stereocenters. The molecule has 1 aromatic heterocycles. The van der Waals surface area contributed by atoms with Gasteiger partial charge in [-0.1, -0.05) is 30.1 Å². The molecule has 64 heavy (non-hydrogen) atoms. The van der Waals surface area contributed by atoms with E-state index in [1.54, 1.807) is 30.3 Å². The maximum Gasteiger partial charge on any atom is 0.421 e. The van der Waals surface area contributed by atoms with Gasteiger partial charge in [0, 0.05) is 57.3 Å². The number of carbonyl (C=O) groups is 5. The highest BCUT2D eigenvalue weighted by Crippen LogP contribution is 2.35. The average molecular weight is 911 g/mol. The molecular weight excluding hydrogens is 862 g/mol. The Kier molecular flexibility index (Phi) is 18.1. The van der Waals surface area contributed by atoms with Gasteiger partial charge < -0.3 is 49.3 Å². The van der Waals surface area contributed by atoms with Crippen LogP contribution in [-0.2, 0) is 36.6 Å². The number of fused-ring (bicyclic) bond motifs is 1. The second kappa shape index (κ2) is 23.8. The lowest BCUT2D eigenvalue weighted by molar-refractivity contribution is -0.137. The third-order valence-corrected chi connectivity index (χ3v) is 10.3. The Morgan fingerprint density at radius 1 is 0.906 bits per heavy atom. The van der Waals surface area contributed by atoms with Gasteiger partial charge >= 0.3 is 6.18 Å². The van der Waals surface area contributed by atoms with E-state index in [-0.39, 0.29) is 112 Å². The summed E-state index contributed by atoms with van der Waals surface area (Å²) < 4.78 is 65.8. The standard InChI is InChI=1S/C43H49F3N8O9S/c1-47-36(56)15-12-31(27-55)54-40(58)33-8-5-9-35(38(33)41(54)59)63-19-17-48-37(57)16-18-60-20-21-61-22-23-62-32-13-10-29(11-14-32)51-42-50-26-34(43(44,45)46)39(52-42)49-25-28-6-4-7-30(24-28)53(2)64-3/h4-11,13-14,24,26-27,31H,12,15-23,25H2,1-3H3,(H,47,56)(H,48,57)(H2,49,50,51,52). The molecule has 0 bridgehead atoms. The topological polar surface area (TPSA) is 203 Å². The zero-order valence-corrected chi connectivity index (χ0v) is 36.2. The van der Waals surface area contributed by atoms with Crippen LogP contribution in [0, 0.1) is 0 Å². The van der Waals surface area contributed by atoms with E-state index in [9.17, 15) is 37.1 Å². The van der Waals surface area contributed by atoms with Crippen molar-refractivity contribution in [1.82, 2.24) is 25.5 Å². The number of aromatic nitrogens is 2. The van der Waals surface area contributed by atoms with Gasteiger partial charge in [0.1, 0.15) is 42.4 Å². The fourth-order valence-electron chi connectivity index (χ4n) is 6.20. The minimum Gasteiger partial charge on any atom is -0.491 e. The summed E-state index contributed by atoms with van der Waals surface area (Å²) in [5.41, 5.74) is 1.34. The van der Waals surface area contributed by atoms with Crippen LogP contribution in [0.4, 0.5) is 36.3 Å². The Morgan fingerprint density at radius 3 is 2.36 bits per heavy atom. The summed E-state index contributed by atoms with van der Waals surface area (Å²) in [7, 11) is 3.34. The molecule has 4 N–H and O–H groups in total. The number of nitrogens with zero attached hydrogens (tertiary/aromatic N) is 4. The lowest BCUT2D eigenvalue weighted by Crippen LogP contribution is -2.41. The van der Waals surface area contributed by atoms with Gasteiger partial charge in [0.25, 0.3) is 11.8 Å². The summed E-state index contributed by atoms with van der Waals surface area (Å²) in [4.78, 5) is 70.7. The predicted octanol–water partition coefficient (Wildman–Crippen LogP) is 5.25. The van der Waals surface area contributed by atoms with Crippen molar-refractivity contribution in [2.24, 2.45) is 0 Å². The number of carbonyl (C=O) groups excluding carboxylic acids is 5. The zero-order chi connectivity index (χ0) is 46.1. The molecule has 0 saturated carbocycles. The van der Waals surface area contributed by atoms with Crippen molar-refractivity contribution < 1.29 is 56.1 Å². The van der Waals surface area contributed by atoms with E-state index in [2.05, 4.69) is 31.2 Å². The van der Waals surface area contributed by atoms with E-state index < -0.39 is 29.6 Å². The second-order valence-electron chi connectivity index (χ2n) is 13.9. The number of anilines is 4. The van der Waals surface area contributed by atoms with Crippen molar-refractivity contribution in [3.05, 3.63) is 95.2 Å². The third kappa shape index (κ3) is 13.8. The number of imide groups is 1. The Hall–Kier alpha value is -6.45. The minimum absolute atomic E-state index is 0.000332. The molecule has 0 radical (unpaired) electrons. The van der Waals surface area contributed by atoms with Crippen molar-refractivity contribution >= 4 is 65.0 Å². The van der Waals surface area contributed by atoms with Gasteiger partial charge in [-0.05, 0) is 60.5 Å². The molecule has 21 heteroatoms. The fraction of sp³-hybridized carbons (Fsp3) is 0.372. The number of ether oxygens (including phenoxy) is 4. The second-order valence-corrected chi connectivity index (χ2v) is 14.8. The first-order valence-electron chi connectivity index (χ1n) is 20.1. The van der Waals surface area contributed by atoms with E-state index in [4.69, 9.17) is 18.9 Å². The molecule has 4 aromatic rings. The summed E-state index contributed by atoms with van der Waals surface area (Å²) in [5.74, 6) is -1.67. The molecule has 5 rings (SSSR count). The van der Waals surface area contributed by atoms with Gasteiger partial charge in [0.15, 0.2) is 0 Å². The number of aldehydes is 1. The molecule has 3 aromatic carbocycles. The SMILES string of the molecule is CNC(=O)CCC(C=O)N1C(=O)c2cccc(OCCNC(=O)CCOCCOCCOc3ccc(Nc4ncc(C(F)(F)F)c(NCc5cccc(N(C)SC)c5)n4)cc3)c2C1=O. The first-order chi connectivity index (χ1) is 30.8. The van der Waals surface area contributed by atoms with E-state index >= 15 is 0 Å². The highest BCUT2D eigenvalue weighted by atomic mass is 32.2. The monoisotopic (exact) mass is 910 g/mol. The number of amides is 4. The summed E-state index contributed by atoms with van der Waals surface area (Å²) in [6.45, 7) is 1.36. The lowest BCUT2D eigenvalue weighted by atomic mass is 10.1. The van der Waals surface area contributed by atoms with Crippen molar-refractivity contribution in [3.63, 3.8) is 0 Å². The van der Waals surface area contributed by atoms with Gasteiger partial charge in [-0.25, -0.2) is 4.98 Å². The van der Waals surface area contributed by atoms with Crippen LogP contribution < -0.4 is 35.0 Å². The van der Waals surface area contributed by atoms with Crippen molar-refractivity contribution in [2.75, 3.05) is 81.5 Å². The van der Waals surface area contributed by atoms with Crippen LogP contribution in [0.15, 0.2) is 72.9 Å². The normalized spacial score (nSPS) is 12.6. The number of benzene rings is 3. The molecule has 1 aliphatic rings. The minimum atomic E-state index is -4.66. The molecular formula is C43H49F3N8O9S. The number of alkyl halides is 3. The largest absolute Gasteiger partial charge is 0.491 e. The Bertz CT molecular complexity index is 2240.